The summed E-state index contributed by atoms with van der Waals surface area (Å²) in [5, 5.41) is 24.4. The molecule has 2 atom stereocenters. The van der Waals surface area contributed by atoms with Gasteiger partial charge in [-0.2, -0.15) is 0 Å². The van der Waals surface area contributed by atoms with Crippen LogP contribution < -0.4 is 15.4 Å². The maximum Gasteiger partial charge on any atom is 0.262 e. The summed E-state index contributed by atoms with van der Waals surface area (Å²) in [6.45, 7) is 4.04. The number of benzene rings is 2. The maximum atomic E-state index is 8.89. The molecule has 0 bridgehead atoms. The summed E-state index contributed by atoms with van der Waals surface area (Å²) in [7, 11) is 4.16. The van der Waals surface area contributed by atoms with Crippen LogP contribution in [-0.4, -0.2) is 37.7 Å². The summed E-state index contributed by atoms with van der Waals surface area (Å²) in [5.74, 6) is -0.125. The Balaban J connectivity index is 0.000000687. The van der Waals surface area contributed by atoms with E-state index in [0.29, 0.717) is 6.04 Å². The molecule has 3 rings (SSSR count). The number of hydrogen-bond donors (Lipinski definition) is 2. The third kappa shape index (κ3) is 7.48. The van der Waals surface area contributed by atoms with Crippen LogP contribution in [0.5, 0.6) is 0 Å². The molecule has 0 spiro atoms. The van der Waals surface area contributed by atoms with Crippen molar-refractivity contribution in [3.8, 4) is 0 Å². The Labute approximate surface area is 172 Å². The van der Waals surface area contributed by atoms with Gasteiger partial charge in [-0.05, 0) is 50.1 Å². The van der Waals surface area contributed by atoms with E-state index >= 15 is 0 Å². The first-order valence-corrected chi connectivity index (χ1v) is 9.62. The molecule has 2 N–H and O–H groups in total. The minimum Gasteiger partial charge on any atom is -0.550 e. The molecule has 0 fully saturated rings. The van der Waals surface area contributed by atoms with Crippen molar-refractivity contribution < 1.29 is 14.9 Å². The van der Waals surface area contributed by atoms with Gasteiger partial charge in [0.1, 0.15) is 0 Å². The van der Waals surface area contributed by atoms with E-state index in [9.17, 15) is 0 Å². The number of rotatable bonds is 6. The number of carboxylic acid groups (broad SMARTS) is 1. The van der Waals surface area contributed by atoms with E-state index in [1.54, 1.807) is 0 Å². The first-order chi connectivity index (χ1) is 13.9. The second kappa shape index (κ2) is 11.1. The molecular formula is C22H29N5O2. The van der Waals surface area contributed by atoms with Crippen LogP contribution >= 0.6 is 0 Å². The molecular weight excluding hydrogens is 366 g/mol. The number of anilines is 1. The zero-order valence-electron chi connectivity index (χ0n) is 17.4. The standard InChI is InChI=1S/C20H25N5.C2H4O2/c1-16-15-20(25(3)24(16)2)23-22-19-11-9-18(10-12-19)21-14-13-17-7-5-4-6-8-17;1-2(3)4/h4-12,15-16,21H,13-14H2,1-3H3;1H3,(H,3,4). The fourth-order valence-corrected chi connectivity index (χ4v) is 2.81. The largest absolute Gasteiger partial charge is 0.550 e. The van der Waals surface area contributed by atoms with E-state index in [1.165, 1.54) is 5.56 Å². The Hall–Kier alpha value is -3.03. The van der Waals surface area contributed by atoms with Crippen LogP contribution in [0.15, 0.2) is 76.7 Å². The monoisotopic (exact) mass is 395 g/mol. The van der Waals surface area contributed by atoms with Crippen molar-refractivity contribution >= 4 is 17.3 Å². The van der Waals surface area contributed by atoms with Gasteiger partial charge in [0.25, 0.3) is 5.82 Å². The van der Waals surface area contributed by atoms with Crippen molar-refractivity contribution in [3.63, 3.8) is 0 Å². The van der Waals surface area contributed by atoms with Crippen molar-refractivity contribution in [2.24, 2.45) is 10.2 Å². The van der Waals surface area contributed by atoms with Crippen molar-refractivity contribution in [1.82, 2.24) is 5.01 Å². The molecule has 0 saturated heterocycles. The molecule has 154 valence electrons. The maximum absolute atomic E-state index is 8.89. The number of likely N-dealkylation sites (N-methyl/N-ethyl adjacent to an activating group) is 1. The van der Waals surface area contributed by atoms with Gasteiger partial charge in [-0.25, -0.2) is 5.01 Å². The zero-order chi connectivity index (χ0) is 21.2. The molecule has 1 heterocycles. The van der Waals surface area contributed by atoms with Crippen molar-refractivity contribution in [1.29, 1.82) is 0 Å². The highest BCUT2D eigenvalue weighted by atomic mass is 16.4. The molecule has 0 amide bonds. The highest BCUT2D eigenvalue weighted by Crippen LogP contribution is 2.18. The lowest BCUT2D eigenvalue weighted by atomic mass is 10.1. The quantitative estimate of drug-likeness (QED) is 0.731. The van der Waals surface area contributed by atoms with Gasteiger partial charge >= 0.3 is 0 Å². The van der Waals surface area contributed by atoms with Crippen LogP contribution in [0.3, 0.4) is 0 Å². The number of hydrogen-bond acceptors (Lipinski definition) is 6. The number of azo groups is 1. The lowest BCUT2D eigenvalue weighted by molar-refractivity contribution is -0.957. The predicted molar refractivity (Wildman–Crippen MR) is 112 cm³/mol. The van der Waals surface area contributed by atoms with Crippen molar-refractivity contribution in [3.05, 3.63) is 72.1 Å². The SMILES string of the molecule is CC(=O)[O-].CC1C=C(N=Nc2ccc(NCCc3ccccc3)cc2)[NH+](C)N1C. The van der Waals surface area contributed by atoms with Gasteiger partial charge in [-0.15, -0.1) is 10.1 Å². The minimum absolute atomic E-state index is 0.380. The van der Waals surface area contributed by atoms with E-state index < -0.39 is 5.97 Å². The molecule has 1 aliphatic heterocycles. The number of aliphatic carboxylic acids is 1. The summed E-state index contributed by atoms with van der Waals surface area (Å²) in [4.78, 5) is 8.89. The summed E-state index contributed by atoms with van der Waals surface area (Å²) >= 11 is 0. The van der Waals surface area contributed by atoms with Crippen molar-refractivity contribution in [2.75, 3.05) is 26.0 Å². The molecule has 7 nitrogen and oxygen atoms in total. The lowest BCUT2D eigenvalue weighted by Crippen LogP contribution is -3.12. The highest BCUT2D eigenvalue weighted by molar-refractivity contribution is 5.60. The van der Waals surface area contributed by atoms with E-state index in [1.807, 2.05) is 30.3 Å². The zero-order valence-corrected chi connectivity index (χ0v) is 17.4. The van der Waals surface area contributed by atoms with Gasteiger partial charge in [-0.1, -0.05) is 35.4 Å². The average Bonchev–Trinajstić information content (AvgIpc) is 2.94. The summed E-state index contributed by atoms with van der Waals surface area (Å²) in [6.07, 6.45) is 3.15. The van der Waals surface area contributed by atoms with Crippen molar-refractivity contribution in [2.45, 2.75) is 26.3 Å². The Kier molecular flexibility index (Phi) is 8.51. The molecule has 7 heteroatoms. The van der Waals surface area contributed by atoms with Gasteiger partial charge in [-0.3, -0.25) is 0 Å². The van der Waals surface area contributed by atoms with E-state index in [-0.39, 0.29) is 0 Å². The number of carbonyl (C=O) groups is 1. The molecule has 2 unspecified atom stereocenters. The molecule has 0 radical (unpaired) electrons. The molecule has 1 aliphatic rings. The van der Waals surface area contributed by atoms with Crippen LogP contribution in [0.25, 0.3) is 0 Å². The lowest BCUT2D eigenvalue weighted by Gasteiger charge is -2.18. The van der Waals surface area contributed by atoms with Gasteiger partial charge in [0.2, 0.25) is 0 Å². The molecule has 2 aromatic carbocycles. The molecule has 29 heavy (non-hydrogen) atoms. The second-order valence-electron chi connectivity index (χ2n) is 6.89. The van der Waals surface area contributed by atoms with Gasteiger partial charge < -0.3 is 15.2 Å². The molecule has 2 aromatic rings. The number of carboxylic acids is 1. The fraction of sp³-hybridized carbons (Fsp3) is 0.318. The second-order valence-corrected chi connectivity index (χ2v) is 6.89. The van der Waals surface area contributed by atoms with E-state index in [2.05, 4.69) is 71.9 Å². The Morgan fingerprint density at radius 1 is 1.14 bits per heavy atom. The summed E-state index contributed by atoms with van der Waals surface area (Å²) < 4.78 is 0. The normalized spacial score (nSPS) is 18.8. The van der Waals surface area contributed by atoms with E-state index in [4.69, 9.17) is 9.90 Å². The fourth-order valence-electron chi connectivity index (χ4n) is 2.81. The number of quaternary nitrogens is 1. The highest BCUT2D eigenvalue weighted by Gasteiger charge is 2.28. The number of carbonyl (C=O) groups excluding carboxylic acids is 1. The van der Waals surface area contributed by atoms with Gasteiger partial charge in [0.15, 0.2) is 0 Å². The number of nitrogens with zero attached hydrogens (tertiary/aromatic N) is 3. The topological polar surface area (TPSA) is 84.6 Å². The first kappa shape index (κ1) is 22.3. The molecule has 0 aliphatic carbocycles. The molecule has 0 aromatic heterocycles. The Morgan fingerprint density at radius 3 is 2.31 bits per heavy atom. The van der Waals surface area contributed by atoms with E-state index in [0.717, 1.165) is 42.1 Å². The van der Waals surface area contributed by atoms with Crippen LogP contribution in [0.4, 0.5) is 11.4 Å². The van der Waals surface area contributed by atoms with Gasteiger partial charge in [0.05, 0.1) is 18.8 Å². The van der Waals surface area contributed by atoms with Crippen LogP contribution in [0.1, 0.15) is 19.4 Å². The first-order valence-electron chi connectivity index (χ1n) is 9.62. The minimum atomic E-state index is -1.08. The number of nitrogens with one attached hydrogen (secondary N) is 2. The average molecular weight is 396 g/mol. The van der Waals surface area contributed by atoms with Crippen LogP contribution in [0.2, 0.25) is 0 Å². The molecule has 0 saturated carbocycles. The van der Waals surface area contributed by atoms with Crippen LogP contribution in [-0.2, 0) is 11.2 Å². The third-order valence-corrected chi connectivity index (χ3v) is 4.64. The summed E-state index contributed by atoms with van der Waals surface area (Å²) in [6, 6.07) is 19.0. The third-order valence-electron chi connectivity index (χ3n) is 4.64. The summed E-state index contributed by atoms with van der Waals surface area (Å²) in [5.41, 5.74) is 3.31. The Morgan fingerprint density at radius 2 is 1.76 bits per heavy atom. The van der Waals surface area contributed by atoms with Crippen LogP contribution in [0, 0.1) is 0 Å². The predicted octanol–water partition coefficient (Wildman–Crippen LogP) is 1.79. The smallest absolute Gasteiger partial charge is 0.262 e. The van der Waals surface area contributed by atoms with Gasteiger partial charge in [0, 0.05) is 31.3 Å². The Bertz CT molecular complexity index is 830.